The summed E-state index contributed by atoms with van der Waals surface area (Å²) in [5, 5.41) is 9.24. The van der Waals surface area contributed by atoms with E-state index in [1.54, 1.807) is 0 Å². The van der Waals surface area contributed by atoms with Crippen LogP contribution in [0.2, 0.25) is 10.2 Å². The zero-order valence-electron chi connectivity index (χ0n) is 10.1. The van der Waals surface area contributed by atoms with E-state index in [0.29, 0.717) is 0 Å². The van der Waals surface area contributed by atoms with E-state index in [1.165, 1.54) is 12.1 Å². The maximum absolute atomic E-state index is 12.5. The Balaban J connectivity index is 2.20. The number of amides is 1. The maximum Gasteiger partial charge on any atom is 0.416 e. The summed E-state index contributed by atoms with van der Waals surface area (Å²) in [6.07, 6.45) is -4.51. The van der Waals surface area contributed by atoms with Gasteiger partial charge in [-0.2, -0.15) is 13.2 Å². The molecule has 0 bridgehead atoms. The molecule has 0 unspecified atom stereocenters. The average Bonchev–Trinajstić information content (AvgIpc) is 2.40. The van der Waals surface area contributed by atoms with Crippen molar-refractivity contribution in [3.63, 3.8) is 0 Å². The van der Waals surface area contributed by atoms with Crippen LogP contribution in [0.1, 0.15) is 16.1 Å². The van der Waals surface area contributed by atoms with Crippen molar-refractivity contribution in [1.29, 1.82) is 0 Å². The number of hydrogen-bond donors (Lipinski definition) is 1. The lowest BCUT2D eigenvalue weighted by atomic mass is 10.2. The Morgan fingerprint density at radius 1 is 1.10 bits per heavy atom. The molecule has 1 N–H and O–H groups in total. The third kappa shape index (κ3) is 3.83. The van der Waals surface area contributed by atoms with Crippen molar-refractivity contribution < 1.29 is 18.0 Å². The quantitative estimate of drug-likeness (QED) is 0.900. The van der Waals surface area contributed by atoms with Gasteiger partial charge in [0.15, 0.2) is 10.8 Å². The Labute approximate surface area is 126 Å². The van der Waals surface area contributed by atoms with E-state index < -0.39 is 17.6 Å². The van der Waals surface area contributed by atoms with Crippen molar-refractivity contribution >= 4 is 34.8 Å². The Hall–Kier alpha value is -1.86. The Morgan fingerprint density at radius 2 is 1.81 bits per heavy atom. The van der Waals surface area contributed by atoms with Crippen LogP contribution in [0.25, 0.3) is 0 Å². The number of aromatic nitrogens is 2. The first-order valence-electron chi connectivity index (χ1n) is 5.44. The molecule has 21 heavy (non-hydrogen) atoms. The molecule has 0 aliphatic rings. The smallest absolute Gasteiger partial charge is 0.319 e. The number of nitrogens with one attached hydrogen (secondary N) is 1. The highest BCUT2D eigenvalue weighted by molar-refractivity contribution is 6.34. The molecule has 0 saturated heterocycles. The summed E-state index contributed by atoms with van der Waals surface area (Å²) in [4.78, 5) is 11.8. The van der Waals surface area contributed by atoms with Crippen molar-refractivity contribution in [3.05, 3.63) is 51.8 Å². The molecule has 1 amide bonds. The summed E-state index contributed by atoms with van der Waals surface area (Å²) in [7, 11) is 0. The van der Waals surface area contributed by atoms with Crippen molar-refractivity contribution in [2.45, 2.75) is 6.18 Å². The number of nitrogens with zero attached hydrogens (tertiary/aromatic N) is 2. The van der Waals surface area contributed by atoms with Gasteiger partial charge in [0.05, 0.1) is 16.3 Å². The minimum atomic E-state index is -4.51. The van der Waals surface area contributed by atoms with Crippen LogP contribution in [0.5, 0.6) is 0 Å². The topological polar surface area (TPSA) is 54.9 Å². The molecule has 0 spiro atoms. The molecular weight excluding hydrogens is 330 g/mol. The van der Waals surface area contributed by atoms with Crippen LogP contribution in [0.4, 0.5) is 18.9 Å². The molecule has 1 aromatic carbocycles. The number of alkyl halides is 3. The number of anilines is 1. The van der Waals surface area contributed by atoms with E-state index in [1.807, 2.05) is 0 Å². The molecule has 0 aliphatic heterocycles. The molecule has 1 aromatic heterocycles. The van der Waals surface area contributed by atoms with Gasteiger partial charge in [0.1, 0.15) is 0 Å². The first kappa shape index (κ1) is 15.5. The summed E-state index contributed by atoms with van der Waals surface area (Å²) in [5.41, 5.74) is -0.918. The zero-order chi connectivity index (χ0) is 15.6. The van der Waals surface area contributed by atoms with E-state index >= 15 is 0 Å². The molecule has 110 valence electrons. The van der Waals surface area contributed by atoms with Gasteiger partial charge in [-0.1, -0.05) is 23.2 Å². The molecule has 0 saturated carbocycles. The highest BCUT2D eigenvalue weighted by Crippen LogP contribution is 2.33. The number of benzene rings is 1. The number of carbonyl (C=O) groups is 1. The van der Waals surface area contributed by atoms with Crippen LogP contribution in [0.15, 0.2) is 30.3 Å². The minimum absolute atomic E-state index is 0.0337. The summed E-state index contributed by atoms with van der Waals surface area (Å²) >= 11 is 11.2. The second-order valence-electron chi connectivity index (χ2n) is 3.89. The van der Waals surface area contributed by atoms with E-state index in [4.69, 9.17) is 23.2 Å². The van der Waals surface area contributed by atoms with Crippen LogP contribution < -0.4 is 5.32 Å². The average molecular weight is 336 g/mol. The van der Waals surface area contributed by atoms with Crippen LogP contribution in [0.3, 0.4) is 0 Å². The molecule has 4 nitrogen and oxygen atoms in total. The standard InChI is InChI=1S/C12H6Cl2F3N3O/c13-7-5-6(12(15,16)17)1-2-8(7)18-11(21)9-3-4-10(14)20-19-9/h1-5H,(H,18,21). The van der Waals surface area contributed by atoms with Crippen LogP contribution >= 0.6 is 23.2 Å². The number of carbonyl (C=O) groups excluding carboxylic acids is 1. The van der Waals surface area contributed by atoms with E-state index in [9.17, 15) is 18.0 Å². The van der Waals surface area contributed by atoms with Crippen molar-refractivity contribution in [2.75, 3.05) is 5.32 Å². The first-order chi connectivity index (χ1) is 9.77. The van der Waals surface area contributed by atoms with Gasteiger partial charge >= 0.3 is 6.18 Å². The Bertz CT molecular complexity index is 674. The van der Waals surface area contributed by atoms with Gasteiger partial charge < -0.3 is 5.32 Å². The van der Waals surface area contributed by atoms with Gasteiger partial charge in [0, 0.05) is 0 Å². The lowest BCUT2D eigenvalue weighted by molar-refractivity contribution is -0.137. The lowest BCUT2D eigenvalue weighted by Crippen LogP contribution is -2.15. The van der Waals surface area contributed by atoms with Gasteiger partial charge in [-0.05, 0) is 30.3 Å². The van der Waals surface area contributed by atoms with Crippen LogP contribution in [0, 0.1) is 0 Å². The third-order valence-corrected chi connectivity index (χ3v) is 2.92. The molecular formula is C12H6Cl2F3N3O. The lowest BCUT2D eigenvalue weighted by Gasteiger charge is -2.10. The largest absolute Gasteiger partial charge is 0.416 e. The fourth-order valence-corrected chi connectivity index (χ4v) is 1.74. The second-order valence-corrected chi connectivity index (χ2v) is 4.68. The molecule has 0 atom stereocenters. The number of hydrogen-bond acceptors (Lipinski definition) is 3. The summed E-state index contributed by atoms with van der Waals surface area (Å²) in [5.74, 6) is -0.666. The molecule has 0 aliphatic carbocycles. The second kappa shape index (κ2) is 5.87. The third-order valence-electron chi connectivity index (χ3n) is 2.41. The first-order valence-corrected chi connectivity index (χ1v) is 6.20. The van der Waals surface area contributed by atoms with Crippen LogP contribution in [-0.2, 0) is 6.18 Å². The molecule has 0 radical (unpaired) electrons. The van der Waals surface area contributed by atoms with E-state index in [0.717, 1.165) is 18.2 Å². The molecule has 2 rings (SSSR count). The van der Waals surface area contributed by atoms with Gasteiger partial charge in [-0.25, -0.2) is 0 Å². The molecule has 2 aromatic rings. The molecule has 9 heteroatoms. The van der Waals surface area contributed by atoms with Gasteiger partial charge in [0.2, 0.25) is 0 Å². The molecule has 0 fully saturated rings. The molecule has 1 heterocycles. The van der Waals surface area contributed by atoms with Crippen molar-refractivity contribution in [3.8, 4) is 0 Å². The Morgan fingerprint density at radius 3 is 2.33 bits per heavy atom. The zero-order valence-corrected chi connectivity index (χ0v) is 11.6. The minimum Gasteiger partial charge on any atom is -0.319 e. The summed E-state index contributed by atoms with van der Waals surface area (Å²) < 4.78 is 37.5. The maximum atomic E-state index is 12.5. The predicted molar refractivity (Wildman–Crippen MR) is 71.4 cm³/mol. The summed E-state index contributed by atoms with van der Waals surface area (Å²) in [6.45, 7) is 0. The van der Waals surface area contributed by atoms with Gasteiger partial charge in [-0.3, -0.25) is 4.79 Å². The van der Waals surface area contributed by atoms with Gasteiger partial charge in [-0.15, -0.1) is 10.2 Å². The monoisotopic (exact) mass is 335 g/mol. The summed E-state index contributed by atoms with van der Waals surface area (Å²) in [6, 6.07) is 5.28. The van der Waals surface area contributed by atoms with Gasteiger partial charge in [0.25, 0.3) is 5.91 Å². The fourth-order valence-electron chi connectivity index (χ4n) is 1.42. The SMILES string of the molecule is O=C(Nc1ccc(C(F)(F)F)cc1Cl)c1ccc(Cl)nn1. The van der Waals surface area contributed by atoms with Crippen LogP contribution in [-0.4, -0.2) is 16.1 Å². The number of halogens is 5. The number of rotatable bonds is 2. The Kier molecular flexibility index (Phi) is 4.34. The normalized spacial score (nSPS) is 11.3. The fraction of sp³-hybridized carbons (Fsp3) is 0.0833. The predicted octanol–water partition coefficient (Wildman–Crippen LogP) is 4.05. The van der Waals surface area contributed by atoms with Crippen molar-refractivity contribution in [1.82, 2.24) is 10.2 Å². The highest BCUT2D eigenvalue weighted by Gasteiger charge is 2.31. The highest BCUT2D eigenvalue weighted by atomic mass is 35.5. The van der Waals surface area contributed by atoms with E-state index in [-0.39, 0.29) is 21.6 Å². The van der Waals surface area contributed by atoms with Crippen molar-refractivity contribution in [2.24, 2.45) is 0 Å². The van der Waals surface area contributed by atoms with E-state index in [2.05, 4.69) is 15.5 Å².